The smallest absolute Gasteiger partial charge is 0.259 e. The lowest BCUT2D eigenvalue weighted by Gasteiger charge is -2.27. The largest absolute Gasteiger partial charge is 0.467 e. The molecule has 1 aromatic carbocycles. The van der Waals surface area contributed by atoms with Gasteiger partial charge in [-0.25, -0.2) is 4.39 Å². The summed E-state index contributed by atoms with van der Waals surface area (Å²) in [5.41, 5.74) is 7.00. The number of nitrogens with two attached hydrogens (primary N) is 1. The zero-order valence-electron chi connectivity index (χ0n) is 15.0. The summed E-state index contributed by atoms with van der Waals surface area (Å²) in [5, 5.41) is 9.62. The first kappa shape index (κ1) is 17.6. The number of benzene rings is 1. The average molecular weight is 377 g/mol. The number of furan rings is 1. The molecule has 7 heteroatoms. The number of hydrogen-bond acceptors (Lipinski definition) is 5. The van der Waals surface area contributed by atoms with Crippen LogP contribution in [0.2, 0.25) is 0 Å². The molecular weight excluding hydrogens is 361 g/mol. The van der Waals surface area contributed by atoms with Gasteiger partial charge in [0, 0.05) is 11.8 Å². The topological polar surface area (TPSA) is 94.2 Å². The van der Waals surface area contributed by atoms with Crippen LogP contribution in [0.15, 0.2) is 69.4 Å². The molecule has 0 unspecified atom stereocenters. The number of halogens is 1. The van der Waals surface area contributed by atoms with Crippen LogP contribution in [0, 0.1) is 24.1 Å². The summed E-state index contributed by atoms with van der Waals surface area (Å²) in [5.74, 6) is -0.500. The molecule has 2 aromatic heterocycles. The first-order valence-corrected chi connectivity index (χ1v) is 8.59. The maximum Gasteiger partial charge on any atom is 0.259 e. The van der Waals surface area contributed by atoms with Crippen molar-refractivity contribution in [1.82, 2.24) is 4.57 Å². The summed E-state index contributed by atoms with van der Waals surface area (Å²) < 4.78 is 26.3. The molecule has 0 saturated heterocycles. The highest BCUT2D eigenvalue weighted by Gasteiger charge is 2.34. The minimum atomic E-state index is -0.819. The van der Waals surface area contributed by atoms with Crippen molar-refractivity contribution in [1.29, 1.82) is 5.26 Å². The molecule has 2 N–H and O–H groups in total. The van der Waals surface area contributed by atoms with E-state index in [-0.39, 0.29) is 34.9 Å². The van der Waals surface area contributed by atoms with Crippen molar-refractivity contribution < 1.29 is 13.5 Å². The van der Waals surface area contributed by atoms with Gasteiger partial charge in [0.1, 0.15) is 29.0 Å². The van der Waals surface area contributed by atoms with Gasteiger partial charge in [-0.3, -0.25) is 4.79 Å². The van der Waals surface area contributed by atoms with E-state index in [0.717, 1.165) is 0 Å². The number of aromatic nitrogens is 1. The van der Waals surface area contributed by atoms with Crippen molar-refractivity contribution >= 4 is 0 Å². The fourth-order valence-electron chi connectivity index (χ4n) is 3.46. The first-order chi connectivity index (χ1) is 13.5. The zero-order valence-corrected chi connectivity index (χ0v) is 15.0. The lowest BCUT2D eigenvalue weighted by molar-refractivity contribution is 0.387. The lowest BCUT2D eigenvalue weighted by Crippen LogP contribution is -2.33. The highest BCUT2D eigenvalue weighted by molar-refractivity contribution is 5.55. The predicted molar refractivity (Wildman–Crippen MR) is 98.9 cm³/mol. The van der Waals surface area contributed by atoms with Gasteiger partial charge in [0.15, 0.2) is 0 Å². The number of rotatable bonds is 3. The van der Waals surface area contributed by atoms with Gasteiger partial charge in [0.2, 0.25) is 5.88 Å². The summed E-state index contributed by atoms with van der Waals surface area (Å²) in [6.45, 7) is 1.99. The van der Waals surface area contributed by atoms with Gasteiger partial charge in [-0.15, -0.1) is 0 Å². The Kier molecular flexibility index (Phi) is 4.24. The summed E-state index contributed by atoms with van der Waals surface area (Å²) in [6.07, 6.45) is 1.53. The van der Waals surface area contributed by atoms with Gasteiger partial charge in [0.05, 0.1) is 24.3 Å². The molecular formula is C21H16FN3O3. The number of aryl methyl sites for hydroxylation is 1. The van der Waals surface area contributed by atoms with E-state index in [9.17, 15) is 14.4 Å². The van der Waals surface area contributed by atoms with Crippen LogP contribution in [-0.2, 0) is 6.54 Å². The van der Waals surface area contributed by atoms with Gasteiger partial charge >= 0.3 is 0 Å². The highest BCUT2D eigenvalue weighted by atomic mass is 19.1. The van der Waals surface area contributed by atoms with Crippen LogP contribution < -0.4 is 16.0 Å². The van der Waals surface area contributed by atoms with E-state index in [1.165, 1.54) is 29.0 Å². The van der Waals surface area contributed by atoms with E-state index < -0.39 is 11.7 Å². The van der Waals surface area contributed by atoms with Gasteiger partial charge < -0.3 is 19.5 Å². The Labute approximate surface area is 159 Å². The monoisotopic (exact) mass is 377 g/mol. The fraction of sp³-hybridized carbons (Fsp3) is 0.143. The van der Waals surface area contributed by atoms with Crippen LogP contribution >= 0.6 is 0 Å². The van der Waals surface area contributed by atoms with Crippen LogP contribution in [0.1, 0.15) is 28.5 Å². The molecule has 0 spiro atoms. The Morgan fingerprint density at radius 1 is 1.29 bits per heavy atom. The number of hydrogen-bond donors (Lipinski definition) is 1. The molecule has 0 saturated carbocycles. The van der Waals surface area contributed by atoms with Crippen molar-refractivity contribution in [2.75, 3.05) is 0 Å². The second-order valence-corrected chi connectivity index (χ2v) is 6.51. The Morgan fingerprint density at radius 3 is 2.79 bits per heavy atom. The first-order valence-electron chi connectivity index (χ1n) is 8.59. The van der Waals surface area contributed by atoms with Crippen LogP contribution in [0.4, 0.5) is 4.39 Å². The molecule has 0 radical (unpaired) electrons. The SMILES string of the molecule is Cc1cc2c(c(=O)n1Cc1ccco1)[C@H](c1cccc(F)c1)C(C#N)=C(N)O2. The molecule has 1 aliphatic heterocycles. The Morgan fingerprint density at radius 2 is 2.11 bits per heavy atom. The van der Waals surface area contributed by atoms with E-state index in [0.29, 0.717) is 17.0 Å². The number of pyridine rings is 1. The number of nitriles is 1. The minimum absolute atomic E-state index is 0.0728. The Balaban J connectivity index is 1.96. The van der Waals surface area contributed by atoms with Crippen LogP contribution in [-0.4, -0.2) is 4.57 Å². The maximum atomic E-state index is 13.9. The minimum Gasteiger partial charge on any atom is -0.467 e. The maximum absolute atomic E-state index is 13.9. The van der Waals surface area contributed by atoms with Crippen molar-refractivity contribution in [3.63, 3.8) is 0 Å². The number of nitrogens with zero attached hydrogens (tertiary/aromatic N) is 2. The Bertz CT molecular complexity index is 1190. The molecule has 0 fully saturated rings. The third-order valence-corrected chi connectivity index (χ3v) is 4.77. The summed E-state index contributed by atoms with van der Waals surface area (Å²) in [4.78, 5) is 13.4. The molecule has 1 atom stereocenters. The van der Waals surface area contributed by atoms with E-state index in [1.54, 1.807) is 31.2 Å². The van der Waals surface area contributed by atoms with E-state index >= 15 is 0 Å². The molecule has 3 heterocycles. The lowest BCUT2D eigenvalue weighted by atomic mass is 9.84. The van der Waals surface area contributed by atoms with Crippen molar-refractivity contribution in [3.05, 3.63) is 98.9 Å². The van der Waals surface area contributed by atoms with E-state index in [2.05, 4.69) is 0 Å². The predicted octanol–water partition coefficient (Wildman–Crippen LogP) is 3.16. The zero-order chi connectivity index (χ0) is 19.8. The molecule has 0 bridgehead atoms. The molecule has 1 aliphatic rings. The van der Waals surface area contributed by atoms with Crippen LogP contribution in [0.3, 0.4) is 0 Å². The fourth-order valence-corrected chi connectivity index (χ4v) is 3.46. The van der Waals surface area contributed by atoms with Crippen molar-refractivity contribution in [3.8, 4) is 11.8 Å². The van der Waals surface area contributed by atoms with Gasteiger partial charge in [-0.05, 0) is 36.8 Å². The normalized spacial score (nSPS) is 15.7. The molecule has 28 heavy (non-hydrogen) atoms. The third-order valence-electron chi connectivity index (χ3n) is 4.77. The van der Waals surface area contributed by atoms with Crippen LogP contribution in [0.25, 0.3) is 0 Å². The molecule has 140 valence electrons. The second-order valence-electron chi connectivity index (χ2n) is 6.51. The second kappa shape index (κ2) is 6.74. The molecule has 3 aromatic rings. The summed E-state index contributed by atoms with van der Waals surface area (Å²) >= 11 is 0. The number of allylic oxidation sites excluding steroid dienone is 1. The Hall–Kier alpha value is -3.79. The summed E-state index contributed by atoms with van der Waals surface area (Å²) in [6, 6.07) is 13.0. The highest BCUT2D eigenvalue weighted by Crippen LogP contribution is 2.40. The quantitative estimate of drug-likeness (QED) is 0.757. The van der Waals surface area contributed by atoms with Crippen molar-refractivity contribution in [2.24, 2.45) is 5.73 Å². The number of ether oxygens (including phenoxy) is 1. The van der Waals surface area contributed by atoms with Crippen molar-refractivity contribution in [2.45, 2.75) is 19.4 Å². The van der Waals surface area contributed by atoms with E-state index in [1.807, 2.05) is 6.07 Å². The number of fused-ring (bicyclic) bond motifs is 1. The molecule has 0 amide bonds. The van der Waals surface area contributed by atoms with E-state index in [4.69, 9.17) is 14.9 Å². The molecule has 6 nitrogen and oxygen atoms in total. The molecule has 4 rings (SSSR count). The van der Waals surface area contributed by atoms with Gasteiger partial charge in [-0.1, -0.05) is 12.1 Å². The standard InChI is InChI=1S/C21H16FN3O3/c1-12-8-17-19(21(26)25(12)11-15-6-3-7-27-15)18(16(10-23)20(24)28-17)13-4-2-5-14(22)9-13/h2-9,18H,11,24H2,1H3/t18-/m1/s1. The van der Waals surface area contributed by atoms with Gasteiger partial charge in [0.25, 0.3) is 5.56 Å². The summed E-state index contributed by atoms with van der Waals surface area (Å²) in [7, 11) is 0. The van der Waals surface area contributed by atoms with Crippen LogP contribution in [0.5, 0.6) is 5.75 Å². The third kappa shape index (κ3) is 2.85. The van der Waals surface area contributed by atoms with Gasteiger partial charge in [-0.2, -0.15) is 5.26 Å². The molecule has 0 aliphatic carbocycles. The average Bonchev–Trinajstić information content (AvgIpc) is 3.17.